The molecule has 0 fully saturated rings. The van der Waals surface area contributed by atoms with Crippen molar-refractivity contribution in [2.75, 3.05) is 6.61 Å². The molecule has 0 radical (unpaired) electrons. The molecule has 1 atom stereocenters. The van der Waals surface area contributed by atoms with Gasteiger partial charge in [0.1, 0.15) is 0 Å². The Kier molecular flexibility index (Phi) is 4.40. The van der Waals surface area contributed by atoms with Crippen LogP contribution in [0, 0.1) is 0 Å². The smallest absolute Gasteiger partial charge is 0.0624 e. The van der Waals surface area contributed by atoms with Crippen LogP contribution in [0.1, 0.15) is 48.5 Å². The van der Waals surface area contributed by atoms with Gasteiger partial charge >= 0.3 is 0 Å². The number of hydrogen-bond acceptors (Lipinski definition) is 2. The van der Waals surface area contributed by atoms with Crippen molar-refractivity contribution in [1.82, 2.24) is 5.32 Å². The van der Waals surface area contributed by atoms with E-state index in [1.807, 2.05) is 0 Å². The summed E-state index contributed by atoms with van der Waals surface area (Å²) in [4.78, 5) is 0. The lowest BCUT2D eigenvalue weighted by atomic mass is 10.1. The van der Waals surface area contributed by atoms with Crippen LogP contribution < -0.4 is 5.32 Å². The van der Waals surface area contributed by atoms with E-state index in [0.29, 0.717) is 6.04 Å². The van der Waals surface area contributed by atoms with Crippen LogP contribution in [0.2, 0.25) is 0 Å². The first kappa shape index (κ1) is 12.9. The van der Waals surface area contributed by atoms with Crippen LogP contribution in [0.15, 0.2) is 0 Å². The molecule has 0 saturated heterocycles. The van der Waals surface area contributed by atoms with Crippen LogP contribution in [-0.2, 0) is 4.74 Å². The first-order chi connectivity index (χ1) is 5.60. The Balaban J connectivity index is 3.70. The number of rotatable bonds is 3. The van der Waals surface area contributed by atoms with Crippen LogP contribution in [0.25, 0.3) is 0 Å². The molecule has 0 aromatic heterocycles. The summed E-state index contributed by atoms with van der Waals surface area (Å²) in [6, 6.07) is 0.402. The van der Waals surface area contributed by atoms with Gasteiger partial charge in [-0.25, -0.2) is 0 Å². The molecule has 0 aliphatic carbocycles. The van der Waals surface area contributed by atoms with Gasteiger partial charge in [0, 0.05) is 11.6 Å². The summed E-state index contributed by atoms with van der Waals surface area (Å²) in [7, 11) is 0. The highest BCUT2D eigenvalue weighted by atomic mass is 16.5. The summed E-state index contributed by atoms with van der Waals surface area (Å²) in [6.07, 6.45) is 0. The topological polar surface area (TPSA) is 21.3 Å². The molecule has 13 heavy (non-hydrogen) atoms. The minimum atomic E-state index is -0.0339. The SMILES string of the molecule is CC(COC(C)(C)C)NC(C)(C)C. The van der Waals surface area contributed by atoms with Gasteiger partial charge in [-0.1, -0.05) is 0 Å². The molecule has 0 aromatic carbocycles. The Hall–Kier alpha value is -0.0800. The fraction of sp³-hybridized carbons (Fsp3) is 1.00. The maximum absolute atomic E-state index is 5.67. The third kappa shape index (κ3) is 9.84. The van der Waals surface area contributed by atoms with Gasteiger partial charge in [-0.3, -0.25) is 0 Å². The van der Waals surface area contributed by atoms with E-state index in [1.54, 1.807) is 0 Å². The normalized spacial score (nSPS) is 15.9. The van der Waals surface area contributed by atoms with E-state index in [-0.39, 0.29) is 11.1 Å². The molecule has 0 spiro atoms. The predicted octanol–water partition coefficient (Wildman–Crippen LogP) is 2.58. The number of ether oxygens (including phenoxy) is 1. The molecule has 0 aliphatic rings. The van der Waals surface area contributed by atoms with E-state index in [4.69, 9.17) is 4.74 Å². The van der Waals surface area contributed by atoms with Gasteiger partial charge in [0.15, 0.2) is 0 Å². The molecule has 1 N–H and O–H groups in total. The van der Waals surface area contributed by atoms with Crippen LogP contribution in [0.4, 0.5) is 0 Å². The van der Waals surface area contributed by atoms with Crippen molar-refractivity contribution in [3.8, 4) is 0 Å². The zero-order valence-electron chi connectivity index (χ0n) is 10.2. The summed E-state index contributed by atoms with van der Waals surface area (Å²) in [5.74, 6) is 0. The highest BCUT2D eigenvalue weighted by Gasteiger charge is 2.16. The summed E-state index contributed by atoms with van der Waals surface area (Å²) in [5.41, 5.74) is 0.133. The Labute approximate surface area is 83.1 Å². The van der Waals surface area contributed by atoms with Gasteiger partial charge in [-0.05, 0) is 48.5 Å². The van der Waals surface area contributed by atoms with Crippen molar-refractivity contribution in [3.63, 3.8) is 0 Å². The van der Waals surface area contributed by atoms with Crippen molar-refractivity contribution in [3.05, 3.63) is 0 Å². The Morgan fingerprint density at radius 3 is 1.85 bits per heavy atom. The van der Waals surface area contributed by atoms with Crippen molar-refractivity contribution in [2.45, 2.75) is 65.6 Å². The predicted molar refractivity (Wildman–Crippen MR) is 58.1 cm³/mol. The van der Waals surface area contributed by atoms with Crippen LogP contribution in [0.5, 0.6) is 0 Å². The van der Waals surface area contributed by atoms with Gasteiger partial charge in [-0.2, -0.15) is 0 Å². The third-order valence-corrected chi connectivity index (χ3v) is 1.45. The number of nitrogens with one attached hydrogen (secondary N) is 1. The van der Waals surface area contributed by atoms with E-state index >= 15 is 0 Å². The Morgan fingerprint density at radius 1 is 1.08 bits per heavy atom. The lowest BCUT2D eigenvalue weighted by Gasteiger charge is -2.28. The third-order valence-electron chi connectivity index (χ3n) is 1.45. The fourth-order valence-corrected chi connectivity index (χ4v) is 1.16. The fourth-order valence-electron chi connectivity index (χ4n) is 1.16. The van der Waals surface area contributed by atoms with Crippen molar-refractivity contribution in [2.24, 2.45) is 0 Å². The second kappa shape index (κ2) is 4.43. The molecule has 1 unspecified atom stereocenters. The zero-order chi connectivity index (χ0) is 10.7. The number of hydrogen-bond donors (Lipinski definition) is 1. The maximum atomic E-state index is 5.67. The summed E-state index contributed by atoms with van der Waals surface area (Å²) in [6.45, 7) is 15.7. The molecule has 0 amide bonds. The zero-order valence-corrected chi connectivity index (χ0v) is 10.2. The molecule has 2 heteroatoms. The minimum Gasteiger partial charge on any atom is -0.374 e. The second-order valence-electron chi connectivity index (χ2n) is 5.72. The van der Waals surface area contributed by atoms with Gasteiger partial charge in [0.2, 0.25) is 0 Å². The molecule has 80 valence electrons. The molecule has 0 saturated carbocycles. The van der Waals surface area contributed by atoms with E-state index in [1.165, 1.54) is 0 Å². The van der Waals surface area contributed by atoms with Crippen molar-refractivity contribution in [1.29, 1.82) is 0 Å². The molecule has 0 bridgehead atoms. The Bertz CT molecular complexity index is 141. The van der Waals surface area contributed by atoms with Crippen molar-refractivity contribution < 1.29 is 4.74 Å². The first-order valence-electron chi connectivity index (χ1n) is 5.02. The molecule has 0 rings (SSSR count). The molecule has 0 aliphatic heterocycles. The Morgan fingerprint density at radius 2 is 1.54 bits per heavy atom. The quantitative estimate of drug-likeness (QED) is 0.733. The van der Waals surface area contributed by atoms with Crippen LogP contribution in [-0.4, -0.2) is 23.8 Å². The van der Waals surface area contributed by atoms with Gasteiger partial charge in [0.25, 0.3) is 0 Å². The van der Waals surface area contributed by atoms with Gasteiger partial charge in [0.05, 0.1) is 12.2 Å². The summed E-state index contributed by atoms with van der Waals surface area (Å²) < 4.78 is 5.67. The average molecular weight is 187 g/mol. The first-order valence-corrected chi connectivity index (χ1v) is 5.02. The van der Waals surface area contributed by atoms with E-state index < -0.39 is 0 Å². The monoisotopic (exact) mass is 187 g/mol. The van der Waals surface area contributed by atoms with Crippen molar-refractivity contribution >= 4 is 0 Å². The molecular formula is C11H25NO. The maximum Gasteiger partial charge on any atom is 0.0624 e. The average Bonchev–Trinajstić information content (AvgIpc) is 1.78. The van der Waals surface area contributed by atoms with Gasteiger partial charge in [-0.15, -0.1) is 0 Å². The highest BCUT2D eigenvalue weighted by molar-refractivity contribution is 4.75. The molecule has 2 nitrogen and oxygen atoms in total. The van der Waals surface area contributed by atoms with Gasteiger partial charge < -0.3 is 10.1 Å². The molecule has 0 heterocycles. The summed E-state index contributed by atoms with van der Waals surface area (Å²) in [5, 5.41) is 3.47. The van der Waals surface area contributed by atoms with E-state index in [0.717, 1.165) is 6.61 Å². The standard InChI is InChI=1S/C11H25NO/c1-9(12-10(2,3)4)8-13-11(5,6)7/h9,12H,8H2,1-7H3. The second-order valence-corrected chi connectivity index (χ2v) is 5.72. The minimum absolute atomic E-state index is 0.0339. The van der Waals surface area contributed by atoms with E-state index in [2.05, 4.69) is 53.8 Å². The lowest BCUT2D eigenvalue weighted by Crippen LogP contribution is -2.45. The highest BCUT2D eigenvalue weighted by Crippen LogP contribution is 2.08. The molecular weight excluding hydrogens is 162 g/mol. The molecule has 0 aromatic rings. The van der Waals surface area contributed by atoms with Crippen LogP contribution >= 0.6 is 0 Å². The largest absolute Gasteiger partial charge is 0.374 e. The van der Waals surface area contributed by atoms with E-state index in [9.17, 15) is 0 Å². The van der Waals surface area contributed by atoms with Crippen LogP contribution in [0.3, 0.4) is 0 Å². The lowest BCUT2D eigenvalue weighted by molar-refractivity contribution is -0.0149. The summed E-state index contributed by atoms with van der Waals surface area (Å²) >= 11 is 0.